The zero-order chi connectivity index (χ0) is 20.5. The van der Waals surface area contributed by atoms with Crippen LogP contribution in [0.2, 0.25) is 5.02 Å². The van der Waals surface area contributed by atoms with E-state index in [2.05, 4.69) is 15.3 Å². The van der Waals surface area contributed by atoms with Crippen molar-refractivity contribution in [1.29, 1.82) is 0 Å². The maximum absolute atomic E-state index is 14.1. The molecular formula is C21H17ClFN5O. The number of nitrogens with one attached hydrogen (secondary N) is 1. The van der Waals surface area contributed by atoms with Crippen molar-refractivity contribution in [3.05, 3.63) is 87.7 Å². The second kappa shape index (κ2) is 7.52. The Kier molecular flexibility index (Phi) is 4.90. The maximum Gasteiger partial charge on any atom is 0.264 e. The number of pyridine rings is 1. The monoisotopic (exact) mass is 409 g/mol. The van der Waals surface area contributed by atoms with Gasteiger partial charge in [-0.3, -0.25) is 9.36 Å². The Morgan fingerprint density at radius 2 is 1.93 bits per heavy atom. The second-order valence-corrected chi connectivity index (χ2v) is 6.95. The molecule has 0 aliphatic heterocycles. The number of para-hydroxylation sites is 1. The van der Waals surface area contributed by atoms with Crippen LogP contribution in [0.3, 0.4) is 0 Å². The Bertz CT molecular complexity index is 1260. The molecule has 29 heavy (non-hydrogen) atoms. The van der Waals surface area contributed by atoms with Crippen molar-refractivity contribution < 1.29 is 4.39 Å². The molecule has 4 rings (SSSR count). The first-order chi connectivity index (χ1) is 14.0. The van der Waals surface area contributed by atoms with Crippen LogP contribution < -0.4 is 16.6 Å². The van der Waals surface area contributed by atoms with E-state index in [1.165, 1.54) is 0 Å². The van der Waals surface area contributed by atoms with Gasteiger partial charge in [0.2, 0.25) is 5.95 Å². The van der Waals surface area contributed by atoms with Crippen molar-refractivity contribution in [3.8, 4) is 5.69 Å². The highest BCUT2D eigenvalue weighted by molar-refractivity contribution is 6.35. The van der Waals surface area contributed by atoms with Gasteiger partial charge in [-0.25, -0.2) is 9.37 Å². The number of nitrogen functional groups attached to an aromatic ring is 1. The number of halogens is 2. The topological polar surface area (TPSA) is 85.8 Å². The molecule has 2 heterocycles. The zero-order valence-electron chi connectivity index (χ0n) is 15.4. The van der Waals surface area contributed by atoms with E-state index >= 15 is 0 Å². The first kappa shape index (κ1) is 18.9. The molecule has 0 saturated carbocycles. The summed E-state index contributed by atoms with van der Waals surface area (Å²) in [5.74, 6) is -0.724. The lowest BCUT2D eigenvalue weighted by Gasteiger charge is -2.21. The summed E-state index contributed by atoms with van der Waals surface area (Å²) in [4.78, 5) is 20.9. The molecule has 0 unspecified atom stereocenters. The van der Waals surface area contributed by atoms with Crippen LogP contribution in [0.25, 0.3) is 16.5 Å². The number of hydrogen-bond acceptors (Lipinski definition) is 5. The molecule has 0 amide bonds. The minimum Gasteiger partial charge on any atom is -0.368 e. The molecule has 0 saturated heterocycles. The average molecular weight is 410 g/mol. The Morgan fingerprint density at radius 3 is 2.69 bits per heavy atom. The lowest BCUT2D eigenvalue weighted by atomic mass is 10.1. The van der Waals surface area contributed by atoms with E-state index in [1.54, 1.807) is 16.7 Å². The summed E-state index contributed by atoms with van der Waals surface area (Å²) < 4.78 is 15.7. The van der Waals surface area contributed by atoms with E-state index in [0.717, 1.165) is 6.20 Å². The van der Waals surface area contributed by atoms with Crippen molar-refractivity contribution in [2.24, 2.45) is 0 Å². The van der Waals surface area contributed by atoms with E-state index in [-0.39, 0.29) is 17.3 Å². The van der Waals surface area contributed by atoms with E-state index in [0.29, 0.717) is 27.2 Å². The highest BCUT2D eigenvalue weighted by Crippen LogP contribution is 2.27. The van der Waals surface area contributed by atoms with Crippen LogP contribution >= 0.6 is 11.6 Å². The predicted molar refractivity (Wildman–Crippen MR) is 113 cm³/mol. The van der Waals surface area contributed by atoms with Gasteiger partial charge in [-0.1, -0.05) is 41.9 Å². The molecule has 0 radical (unpaired) electrons. The van der Waals surface area contributed by atoms with Crippen LogP contribution in [0.15, 0.2) is 65.6 Å². The van der Waals surface area contributed by atoms with Crippen molar-refractivity contribution in [2.75, 3.05) is 11.1 Å². The number of aromatic nitrogens is 3. The normalized spacial score (nSPS) is 12.1. The maximum atomic E-state index is 14.1. The molecule has 2 aromatic heterocycles. The van der Waals surface area contributed by atoms with Crippen LogP contribution in [0.1, 0.15) is 18.7 Å². The van der Waals surface area contributed by atoms with Crippen LogP contribution in [0.4, 0.5) is 16.2 Å². The van der Waals surface area contributed by atoms with Crippen LogP contribution in [0, 0.1) is 5.82 Å². The summed E-state index contributed by atoms with van der Waals surface area (Å²) >= 11 is 6.31. The Morgan fingerprint density at radius 1 is 1.17 bits per heavy atom. The largest absolute Gasteiger partial charge is 0.368 e. The van der Waals surface area contributed by atoms with E-state index in [9.17, 15) is 9.18 Å². The molecule has 0 aliphatic carbocycles. The minimum atomic E-state index is -0.636. The number of benzene rings is 2. The quantitative estimate of drug-likeness (QED) is 0.524. The van der Waals surface area contributed by atoms with Gasteiger partial charge in [-0.2, -0.15) is 4.98 Å². The lowest BCUT2D eigenvalue weighted by molar-refractivity contribution is 0.613. The first-order valence-electron chi connectivity index (χ1n) is 8.90. The first-order valence-corrected chi connectivity index (χ1v) is 9.27. The molecule has 3 N–H and O–H groups in total. The second-order valence-electron chi connectivity index (χ2n) is 6.54. The summed E-state index contributed by atoms with van der Waals surface area (Å²) in [6.07, 6.45) is 1.00. The van der Waals surface area contributed by atoms with Crippen molar-refractivity contribution in [2.45, 2.75) is 13.0 Å². The highest BCUT2D eigenvalue weighted by Gasteiger charge is 2.19. The molecule has 146 valence electrons. The Balaban J connectivity index is 1.93. The van der Waals surface area contributed by atoms with E-state index in [4.69, 9.17) is 17.3 Å². The molecular weight excluding hydrogens is 393 g/mol. The number of hydrogen-bond donors (Lipinski definition) is 2. The third-order valence-electron chi connectivity index (χ3n) is 4.60. The zero-order valence-corrected chi connectivity index (χ0v) is 16.2. The highest BCUT2D eigenvalue weighted by atomic mass is 35.5. The van der Waals surface area contributed by atoms with Gasteiger partial charge >= 0.3 is 0 Å². The summed E-state index contributed by atoms with van der Waals surface area (Å²) in [6, 6.07) is 15.8. The number of nitrogens with two attached hydrogens (primary N) is 1. The van der Waals surface area contributed by atoms with Gasteiger partial charge in [-0.05, 0) is 36.6 Å². The molecule has 4 aromatic rings. The van der Waals surface area contributed by atoms with Gasteiger partial charge in [0.25, 0.3) is 5.56 Å². The standard InChI is InChI=1S/C21H17ClFN5O/c1-12(26-19-16(23)11-25-21(24)27-19)17-10-13-6-5-9-15(22)18(13)20(29)28(17)14-7-3-2-4-8-14/h2-12H,1H3,(H3,24,25,26,27)/t12-/m0/s1. The van der Waals surface area contributed by atoms with Crippen LogP contribution in [-0.2, 0) is 0 Å². The van der Waals surface area contributed by atoms with Gasteiger partial charge in [-0.15, -0.1) is 0 Å². The molecule has 6 nitrogen and oxygen atoms in total. The smallest absolute Gasteiger partial charge is 0.264 e. The number of nitrogens with zero attached hydrogens (tertiary/aromatic N) is 3. The van der Waals surface area contributed by atoms with Gasteiger partial charge in [0.1, 0.15) is 0 Å². The lowest BCUT2D eigenvalue weighted by Crippen LogP contribution is -2.26. The molecule has 0 bridgehead atoms. The van der Waals surface area contributed by atoms with Crippen molar-refractivity contribution in [1.82, 2.24) is 14.5 Å². The number of anilines is 2. The molecule has 0 fully saturated rings. The van der Waals surface area contributed by atoms with Gasteiger partial charge < -0.3 is 11.1 Å². The number of rotatable bonds is 4. The van der Waals surface area contributed by atoms with Crippen molar-refractivity contribution in [3.63, 3.8) is 0 Å². The molecule has 2 aromatic carbocycles. The fourth-order valence-corrected chi connectivity index (χ4v) is 3.53. The summed E-state index contributed by atoms with van der Waals surface area (Å²) in [5, 5.41) is 4.48. The van der Waals surface area contributed by atoms with Crippen LogP contribution in [-0.4, -0.2) is 14.5 Å². The van der Waals surface area contributed by atoms with Gasteiger partial charge in [0, 0.05) is 11.4 Å². The third-order valence-corrected chi connectivity index (χ3v) is 4.91. The minimum absolute atomic E-state index is 0.0387. The van der Waals surface area contributed by atoms with Crippen molar-refractivity contribution >= 4 is 34.1 Å². The summed E-state index contributed by atoms with van der Waals surface area (Å²) in [5.41, 5.74) is 6.61. The Hall–Kier alpha value is -3.45. The average Bonchev–Trinajstić information content (AvgIpc) is 2.71. The number of fused-ring (bicyclic) bond motifs is 1. The fourth-order valence-electron chi connectivity index (χ4n) is 3.26. The molecule has 8 heteroatoms. The predicted octanol–water partition coefficient (Wildman–Crippen LogP) is 4.33. The summed E-state index contributed by atoms with van der Waals surface area (Å²) in [7, 11) is 0. The summed E-state index contributed by atoms with van der Waals surface area (Å²) in [6.45, 7) is 1.81. The van der Waals surface area contributed by atoms with Gasteiger partial charge in [0.15, 0.2) is 11.6 Å². The SMILES string of the molecule is C[C@H](Nc1nc(N)ncc1F)c1cc2cccc(Cl)c2c(=O)n1-c1ccccc1. The van der Waals surface area contributed by atoms with Gasteiger partial charge in [0.05, 0.1) is 22.6 Å². The third kappa shape index (κ3) is 3.52. The van der Waals surface area contributed by atoms with Crippen LogP contribution in [0.5, 0.6) is 0 Å². The molecule has 0 aliphatic rings. The molecule has 1 atom stereocenters. The van der Waals surface area contributed by atoms with E-state index < -0.39 is 11.9 Å². The Labute approximate surface area is 170 Å². The fraction of sp³-hybridized carbons (Fsp3) is 0.0952. The van der Waals surface area contributed by atoms with E-state index in [1.807, 2.05) is 49.4 Å². The molecule has 0 spiro atoms.